The predicted octanol–water partition coefficient (Wildman–Crippen LogP) is 3.11. The largest absolute Gasteiger partial charge is 0.326 e. The van der Waals surface area contributed by atoms with Gasteiger partial charge in [-0.05, 0) is 53.3 Å². The summed E-state index contributed by atoms with van der Waals surface area (Å²) in [5, 5.41) is 5.68. The number of hydrogen-bond donors (Lipinski definition) is 1. The zero-order valence-corrected chi connectivity index (χ0v) is 11.0. The molecule has 0 aromatic heterocycles. The first-order chi connectivity index (χ1) is 8.93. The standard InChI is InChI=1S/C13H14N4O2/c1-8-6-11(4-5-13(19)16-17-14)9(2)12(7-8)15-10(3)18/h4-7H,1-3H3,(H,15,18)/b5-4+. The van der Waals surface area contributed by atoms with Gasteiger partial charge in [0, 0.05) is 17.5 Å². The third-order valence-corrected chi connectivity index (χ3v) is 2.45. The van der Waals surface area contributed by atoms with Crippen LogP contribution in [0.25, 0.3) is 16.5 Å². The molecule has 1 aromatic rings. The molecule has 0 spiro atoms. The number of hydrogen-bond acceptors (Lipinski definition) is 2. The molecule has 0 saturated heterocycles. The molecule has 1 N–H and O–H groups in total. The Bertz CT molecular complexity index is 599. The summed E-state index contributed by atoms with van der Waals surface area (Å²) >= 11 is 0. The van der Waals surface area contributed by atoms with Crippen LogP contribution in [0.2, 0.25) is 0 Å². The van der Waals surface area contributed by atoms with Gasteiger partial charge in [0.1, 0.15) is 0 Å². The Kier molecular flexibility index (Phi) is 4.85. The van der Waals surface area contributed by atoms with E-state index < -0.39 is 5.91 Å². The third-order valence-electron chi connectivity index (χ3n) is 2.45. The molecule has 0 aliphatic carbocycles. The number of amides is 2. The molecule has 2 amide bonds. The van der Waals surface area contributed by atoms with E-state index in [2.05, 4.69) is 15.3 Å². The topological polar surface area (TPSA) is 94.9 Å². The van der Waals surface area contributed by atoms with Crippen molar-refractivity contribution >= 4 is 23.6 Å². The number of azide groups is 1. The van der Waals surface area contributed by atoms with Gasteiger partial charge in [0.05, 0.1) is 0 Å². The first kappa shape index (κ1) is 14.5. The second kappa shape index (κ2) is 6.37. The Morgan fingerprint density at radius 2 is 2.05 bits per heavy atom. The van der Waals surface area contributed by atoms with Crippen LogP contribution in [0.1, 0.15) is 23.6 Å². The third kappa shape index (κ3) is 4.29. The Morgan fingerprint density at radius 3 is 2.63 bits per heavy atom. The van der Waals surface area contributed by atoms with Gasteiger partial charge in [-0.2, -0.15) is 0 Å². The summed E-state index contributed by atoms with van der Waals surface area (Å²) in [6.07, 6.45) is 2.75. The molecule has 0 atom stereocenters. The highest BCUT2D eigenvalue weighted by Crippen LogP contribution is 2.22. The Morgan fingerprint density at radius 1 is 1.37 bits per heavy atom. The summed E-state index contributed by atoms with van der Waals surface area (Å²) in [7, 11) is 0. The van der Waals surface area contributed by atoms with E-state index in [1.54, 1.807) is 6.08 Å². The van der Waals surface area contributed by atoms with Crippen LogP contribution in [0.3, 0.4) is 0 Å². The van der Waals surface area contributed by atoms with Crippen molar-refractivity contribution in [2.24, 2.45) is 5.11 Å². The second-order valence-electron chi connectivity index (χ2n) is 4.07. The highest BCUT2D eigenvalue weighted by molar-refractivity contribution is 5.94. The van der Waals surface area contributed by atoms with Crippen LogP contribution >= 0.6 is 0 Å². The SMILES string of the molecule is CC(=O)Nc1cc(C)cc(/C=C/C(=O)N=[N+]=[N-])c1C. The first-order valence-corrected chi connectivity index (χ1v) is 5.60. The van der Waals surface area contributed by atoms with Crippen LogP contribution in [0.15, 0.2) is 23.3 Å². The molecule has 6 nitrogen and oxygen atoms in total. The fourth-order valence-electron chi connectivity index (χ4n) is 1.62. The molecule has 19 heavy (non-hydrogen) atoms. The van der Waals surface area contributed by atoms with Crippen LogP contribution in [0.4, 0.5) is 5.69 Å². The second-order valence-corrected chi connectivity index (χ2v) is 4.07. The maximum Gasteiger partial charge on any atom is 0.242 e. The lowest BCUT2D eigenvalue weighted by Crippen LogP contribution is -2.08. The average molecular weight is 258 g/mol. The summed E-state index contributed by atoms with van der Waals surface area (Å²) in [6, 6.07) is 3.73. The van der Waals surface area contributed by atoms with Gasteiger partial charge in [-0.25, -0.2) is 0 Å². The van der Waals surface area contributed by atoms with Gasteiger partial charge < -0.3 is 5.32 Å². The van der Waals surface area contributed by atoms with Crippen molar-refractivity contribution < 1.29 is 9.59 Å². The first-order valence-electron chi connectivity index (χ1n) is 5.60. The summed E-state index contributed by atoms with van der Waals surface area (Å²) < 4.78 is 0. The molecule has 98 valence electrons. The molecule has 6 heteroatoms. The molecule has 0 aliphatic rings. The van der Waals surface area contributed by atoms with Crippen molar-refractivity contribution in [1.82, 2.24) is 0 Å². The van der Waals surface area contributed by atoms with Gasteiger partial charge in [-0.15, -0.1) is 0 Å². The summed E-state index contributed by atoms with van der Waals surface area (Å²) in [5.74, 6) is -0.821. The van der Waals surface area contributed by atoms with E-state index >= 15 is 0 Å². The fourth-order valence-corrected chi connectivity index (χ4v) is 1.62. The van der Waals surface area contributed by atoms with Crippen LogP contribution in [0.5, 0.6) is 0 Å². The van der Waals surface area contributed by atoms with Gasteiger partial charge in [0.25, 0.3) is 0 Å². The number of aryl methyl sites for hydroxylation is 1. The molecule has 0 saturated carbocycles. The molecular formula is C13H14N4O2. The number of benzene rings is 1. The normalized spacial score (nSPS) is 10.1. The molecule has 0 aliphatic heterocycles. The number of anilines is 1. The summed E-state index contributed by atoms with van der Waals surface area (Å²) in [6.45, 7) is 5.15. The van der Waals surface area contributed by atoms with Crippen LogP contribution in [-0.2, 0) is 9.59 Å². The number of carbonyl (C=O) groups excluding carboxylic acids is 2. The van der Waals surface area contributed by atoms with Crippen molar-refractivity contribution in [3.63, 3.8) is 0 Å². The number of carbonyl (C=O) groups is 2. The van der Waals surface area contributed by atoms with E-state index in [0.29, 0.717) is 5.69 Å². The van der Waals surface area contributed by atoms with Crippen molar-refractivity contribution in [2.45, 2.75) is 20.8 Å². The van der Waals surface area contributed by atoms with Crippen molar-refractivity contribution in [3.05, 3.63) is 45.3 Å². The quantitative estimate of drug-likeness (QED) is 0.390. The molecule has 0 fully saturated rings. The lowest BCUT2D eigenvalue weighted by Gasteiger charge is -2.11. The van der Waals surface area contributed by atoms with E-state index in [0.717, 1.165) is 16.7 Å². The maximum absolute atomic E-state index is 11.1. The maximum atomic E-state index is 11.1. The van der Waals surface area contributed by atoms with E-state index in [1.165, 1.54) is 13.0 Å². The minimum atomic E-state index is -0.663. The van der Waals surface area contributed by atoms with E-state index in [4.69, 9.17) is 5.53 Å². The van der Waals surface area contributed by atoms with Gasteiger partial charge in [-0.1, -0.05) is 12.1 Å². The Hall–Kier alpha value is -2.59. The van der Waals surface area contributed by atoms with E-state index in [9.17, 15) is 9.59 Å². The minimum Gasteiger partial charge on any atom is -0.326 e. The zero-order valence-electron chi connectivity index (χ0n) is 11.0. The predicted molar refractivity (Wildman–Crippen MR) is 73.4 cm³/mol. The van der Waals surface area contributed by atoms with Gasteiger partial charge >= 0.3 is 0 Å². The number of nitrogens with zero attached hydrogens (tertiary/aromatic N) is 3. The van der Waals surface area contributed by atoms with Crippen LogP contribution in [0, 0.1) is 13.8 Å². The smallest absolute Gasteiger partial charge is 0.242 e. The summed E-state index contributed by atoms with van der Waals surface area (Å²) in [4.78, 5) is 24.6. The molecule has 0 heterocycles. The van der Waals surface area contributed by atoms with E-state index in [-0.39, 0.29) is 5.91 Å². The molecule has 0 unspecified atom stereocenters. The highest BCUT2D eigenvalue weighted by atomic mass is 16.2. The van der Waals surface area contributed by atoms with E-state index in [1.807, 2.05) is 26.0 Å². The molecule has 1 rings (SSSR count). The molecule has 0 radical (unpaired) electrons. The zero-order chi connectivity index (χ0) is 14.4. The summed E-state index contributed by atoms with van der Waals surface area (Å²) in [5.41, 5.74) is 11.4. The monoisotopic (exact) mass is 258 g/mol. The minimum absolute atomic E-state index is 0.159. The van der Waals surface area contributed by atoms with Gasteiger partial charge in [0.2, 0.25) is 11.8 Å². The van der Waals surface area contributed by atoms with Gasteiger partial charge in [-0.3, -0.25) is 9.59 Å². The van der Waals surface area contributed by atoms with Crippen LogP contribution < -0.4 is 5.32 Å². The highest BCUT2D eigenvalue weighted by Gasteiger charge is 2.05. The Balaban J connectivity index is 3.14. The number of nitrogens with one attached hydrogen (secondary N) is 1. The fraction of sp³-hybridized carbons (Fsp3) is 0.231. The molecule has 1 aromatic carbocycles. The Labute approximate surface area is 110 Å². The van der Waals surface area contributed by atoms with Crippen molar-refractivity contribution in [3.8, 4) is 0 Å². The average Bonchev–Trinajstić information content (AvgIpc) is 2.31. The lowest BCUT2D eigenvalue weighted by atomic mass is 10.0. The van der Waals surface area contributed by atoms with Crippen LogP contribution in [-0.4, -0.2) is 11.8 Å². The molecular weight excluding hydrogens is 244 g/mol. The lowest BCUT2D eigenvalue weighted by molar-refractivity contribution is -0.114. The van der Waals surface area contributed by atoms with Crippen molar-refractivity contribution in [1.29, 1.82) is 0 Å². The number of rotatable bonds is 3. The van der Waals surface area contributed by atoms with Gasteiger partial charge in [0.15, 0.2) is 0 Å². The molecule has 0 bridgehead atoms. The van der Waals surface area contributed by atoms with Crippen molar-refractivity contribution in [2.75, 3.05) is 5.32 Å².